The maximum absolute atomic E-state index is 9.09. The smallest absolute Gasteiger partial charge is 0.231 e. The van der Waals surface area contributed by atoms with Crippen molar-refractivity contribution in [1.29, 1.82) is 0 Å². The van der Waals surface area contributed by atoms with E-state index >= 15 is 0 Å². The topological polar surface area (TPSA) is 37.0 Å². The van der Waals surface area contributed by atoms with Gasteiger partial charge in [0, 0.05) is 22.7 Å². The van der Waals surface area contributed by atoms with Crippen LogP contribution in [-0.4, -0.2) is 10.2 Å². The molecule has 0 fully saturated rings. The molecule has 0 atom stereocenters. The second kappa shape index (κ2) is 7.63. The van der Waals surface area contributed by atoms with Crippen molar-refractivity contribution < 1.29 is 9.94 Å². The van der Waals surface area contributed by atoms with Gasteiger partial charge in [0.05, 0.1) is 5.39 Å². The molecule has 2 aromatic rings. The van der Waals surface area contributed by atoms with Gasteiger partial charge in [0.25, 0.3) is 0 Å². The van der Waals surface area contributed by atoms with Crippen LogP contribution in [0.2, 0.25) is 0 Å². The van der Waals surface area contributed by atoms with Crippen LogP contribution in [0.1, 0.15) is 33.4 Å². The predicted octanol–water partition coefficient (Wildman–Crippen LogP) is 3.12. The lowest BCUT2D eigenvalue weighted by Gasteiger charge is -1.94. The molecule has 1 N–H and O–H groups in total. The number of hydrogen-bond acceptors (Lipinski definition) is 2. The molecule has 2 heterocycles. The van der Waals surface area contributed by atoms with Crippen LogP contribution >= 0.6 is 0 Å². The van der Waals surface area contributed by atoms with Crippen molar-refractivity contribution in [3.05, 3.63) is 36.4 Å². The summed E-state index contributed by atoms with van der Waals surface area (Å²) >= 11 is 0. The Morgan fingerprint density at radius 1 is 1.12 bits per heavy atom. The third-order valence-electron chi connectivity index (χ3n) is 1.78. The molecule has 0 amide bonds. The number of aryl methyl sites for hydroxylation is 1. The molecule has 3 heteroatoms. The fraction of sp³-hybridized carbons (Fsp3) is 0.385. The summed E-state index contributed by atoms with van der Waals surface area (Å²) in [5, 5.41) is 11.1. The molecule has 88 valence electrons. The van der Waals surface area contributed by atoms with Crippen molar-refractivity contribution >= 4 is 10.8 Å². The van der Waals surface area contributed by atoms with Crippen molar-refractivity contribution in [2.45, 2.75) is 34.6 Å². The highest BCUT2D eigenvalue weighted by atomic mass is 16.5. The number of fused-ring (bicyclic) bond motifs is 1. The van der Waals surface area contributed by atoms with Gasteiger partial charge in [-0.05, 0) is 18.4 Å². The molecule has 0 aliphatic carbocycles. The SMILES string of the molecule is CC.CC.Cc1cc2cc[n+](O)cc2cn1. The Bertz CT molecular complexity index is 386. The highest BCUT2D eigenvalue weighted by Crippen LogP contribution is 2.09. The lowest BCUT2D eigenvalue weighted by Crippen LogP contribution is -2.27. The molecule has 16 heavy (non-hydrogen) atoms. The van der Waals surface area contributed by atoms with Gasteiger partial charge < -0.3 is 0 Å². The van der Waals surface area contributed by atoms with Gasteiger partial charge in [0.1, 0.15) is 0 Å². The Labute approximate surface area is 97.3 Å². The molecule has 0 saturated heterocycles. The number of aromatic nitrogens is 2. The summed E-state index contributed by atoms with van der Waals surface area (Å²) in [4.78, 5) is 4.12. The molecule has 0 unspecified atom stereocenters. The van der Waals surface area contributed by atoms with E-state index in [0.29, 0.717) is 0 Å². The van der Waals surface area contributed by atoms with E-state index < -0.39 is 0 Å². The molecular weight excluding hydrogens is 200 g/mol. The van der Waals surface area contributed by atoms with E-state index in [-0.39, 0.29) is 0 Å². The van der Waals surface area contributed by atoms with E-state index in [1.54, 1.807) is 18.6 Å². The first kappa shape index (κ1) is 14.4. The average molecular weight is 221 g/mol. The highest BCUT2D eigenvalue weighted by molar-refractivity contribution is 5.79. The Balaban J connectivity index is 0.000000509. The average Bonchev–Trinajstić information content (AvgIpc) is 2.35. The second-order valence-corrected chi connectivity index (χ2v) is 2.78. The molecule has 3 nitrogen and oxygen atoms in total. The Kier molecular flexibility index (Phi) is 6.84. The minimum Gasteiger partial charge on any atom is -0.285 e. The van der Waals surface area contributed by atoms with Gasteiger partial charge in [-0.2, -0.15) is 0 Å². The van der Waals surface area contributed by atoms with Crippen LogP contribution in [0.5, 0.6) is 0 Å². The van der Waals surface area contributed by atoms with Crippen LogP contribution < -0.4 is 4.73 Å². The summed E-state index contributed by atoms with van der Waals surface area (Å²) in [6.45, 7) is 9.94. The third-order valence-corrected chi connectivity index (χ3v) is 1.78. The molecule has 0 bridgehead atoms. The Morgan fingerprint density at radius 2 is 1.75 bits per heavy atom. The number of pyridine rings is 2. The van der Waals surface area contributed by atoms with E-state index in [1.807, 2.05) is 46.8 Å². The van der Waals surface area contributed by atoms with Gasteiger partial charge >= 0.3 is 0 Å². The third kappa shape index (κ3) is 3.85. The maximum Gasteiger partial charge on any atom is 0.231 e. The minimum atomic E-state index is 0.936. The Hall–Kier alpha value is -1.64. The van der Waals surface area contributed by atoms with Crippen LogP contribution in [0.4, 0.5) is 0 Å². The molecule has 0 saturated carbocycles. The number of rotatable bonds is 0. The zero-order valence-corrected chi connectivity index (χ0v) is 10.7. The molecule has 0 aromatic carbocycles. The molecule has 0 aliphatic rings. The fourth-order valence-electron chi connectivity index (χ4n) is 1.19. The summed E-state index contributed by atoms with van der Waals surface area (Å²) < 4.78 is 1.03. The van der Waals surface area contributed by atoms with E-state index in [2.05, 4.69) is 4.98 Å². The quantitative estimate of drug-likeness (QED) is 0.548. The lowest BCUT2D eigenvalue weighted by atomic mass is 10.2. The maximum atomic E-state index is 9.09. The highest BCUT2D eigenvalue weighted by Gasteiger charge is 2.00. The van der Waals surface area contributed by atoms with E-state index in [4.69, 9.17) is 5.21 Å². The standard InChI is InChI=1S/C9H9N2O.2C2H6/c1-7-4-8-2-3-11(12)6-9(8)5-10-7;2*1-2/h2-6,12H,1H3;2*1-2H3/q+1;;. The fourth-order valence-corrected chi connectivity index (χ4v) is 1.19. The summed E-state index contributed by atoms with van der Waals surface area (Å²) in [5.41, 5.74) is 0.984. The largest absolute Gasteiger partial charge is 0.285 e. The van der Waals surface area contributed by atoms with Crippen molar-refractivity contribution in [2.24, 2.45) is 0 Å². The zero-order chi connectivity index (χ0) is 12.6. The molecule has 0 radical (unpaired) electrons. The second-order valence-electron chi connectivity index (χ2n) is 2.78. The normalized spacial score (nSPS) is 8.56. The molecule has 2 rings (SSSR count). The van der Waals surface area contributed by atoms with E-state index in [9.17, 15) is 0 Å². The Morgan fingerprint density at radius 3 is 2.38 bits per heavy atom. The van der Waals surface area contributed by atoms with Crippen molar-refractivity contribution in [2.75, 3.05) is 0 Å². The van der Waals surface area contributed by atoms with E-state index in [0.717, 1.165) is 21.2 Å². The van der Waals surface area contributed by atoms with Crippen molar-refractivity contribution in [3.63, 3.8) is 0 Å². The van der Waals surface area contributed by atoms with Gasteiger partial charge in [-0.3, -0.25) is 10.2 Å². The summed E-state index contributed by atoms with van der Waals surface area (Å²) in [6.07, 6.45) is 4.97. The molecular formula is C13H21N2O+. The van der Waals surface area contributed by atoms with Crippen molar-refractivity contribution in [3.8, 4) is 0 Å². The summed E-state index contributed by atoms with van der Waals surface area (Å²) in [7, 11) is 0. The van der Waals surface area contributed by atoms with E-state index in [1.165, 1.54) is 0 Å². The first-order valence-corrected chi connectivity index (χ1v) is 5.72. The number of nitrogens with zero attached hydrogens (tertiary/aromatic N) is 2. The number of hydrogen-bond donors (Lipinski definition) is 1. The monoisotopic (exact) mass is 221 g/mol. The predicted molar refractivity (Wildman–Crippen MR) is 66.6 cm³/mol. The van der Waals surface area contributed by atoms with Crippen LogP contribution in [0.15, 0.2) is 30.7 Å². The zero-order valence-electron chi connectivity index (χ0n) is 10.7. The van der Waals surface area contributed by atoms with Crippen LogP contribution in [0.3, 0.4) is 0 Å². The van der Waals surface area contributed by atoms with Gasteiger partial charge in [0.15, 0.2) is 0 Å². The molecule has 2 aromatic heterocycles. The van der Waals surface area contributed by atoms with Crippen LogP contribution in [0.25, 0.3) is 10.8 Å². The minimum absolute atomic E-state index is 0.936. The molecule has 0 spiro atoms. The lowest BCUT2D eigenvalue weighted by molar-refractivity contribution is -0.903. The molecule has 0 aliphatic heterocycles. The van der Waals surface area contributed by atoms with Gasteiger partial charge in [0.2, 0.25) is 12.4 Å². The van der Waals surface area contributed by atoms with Crippen LogP contribution in [0, 0.1) is 6.92 Å². The first-order chi connectivity index (χ1) is 7.75. The van der Waals surface area contributed by atoms with Gasteiger partial charge in [-0.15, -0.1) is 0 Å². The van der Waals surface area contributed by atoms with Crippen molar-refractivity contribution in [1.82, 2.24) is 4.98 Å². The summed E-state index contributed by atoms with van der Waals surface area (Å²) in [5.74, 6) is 0. The first-order valence-electron chi connectivity index (χ1n) is 5.72. The summed E-state index contributed by atoms with van der Waals surface area (Å²) in [6, 6.07) is 3.83. The van der Waals surface area contributed by atoms with Gasteiger partial charge in [-0.1, -0.05) is 27.7 Å². The van der Waals surface area contributed by atoms with Crippen LogP contribution in [-0.2, 0) is 0 Å². The van der Waals surface area contributed by atoms with Gasteiger partial charge in [-0.25, -0.2) is 0 Å².